The van der Waals surface area contributed by atoms with Gasteiger partial charge in [0, 0.05) is 12.0 Å². The maximum absolute atomic E-state index is 13.7. The molecule has 0 aliphatic carbocycles. The number of hydrogen-bond acceptors (Lipinski definition) is 3. The zero-order valence-corrected chi connectivity index (χ0v) is 11.9. The maximum atomic E-state index is 13.7. The minimum absolute atomic E-state index is 0.0383. The number of halogens is 1. The van der Waals surface area contributed by atoms with Crippen molar-refractivity contribution >= 4 is 5.78 Å². The van der Waals surface area contributed by atoms with Crippen molar-refractivity contribution in [3.05, 3.63) is 65.0 Å². The third kappa shape index (κ3) is 3.67. The van der Waals surface area contributed by atoms with E-state index in [1.54, 1.807) is 12.1 Å². The highest BCUT2D eigenvalue weighted by Crippen LogP contribution is 2.19. The molecule has 3 nitrogen and oxygen atoms in total. The Morgan fingerprint density at radius 2 is 2.00 bits per heavy atom. The van der Waals surface area contributed by atoms with Crippen LogP contribution in [0.1, 0.15) is 21.5 Å². The van der Waals surface area contributed by atoms with Crippen LogP contribution in [0.25, 0.3) is 0 Å². The number of methoxy groups -OCH3 is 1. The Bertz CT molecular complexity index is 640. The molecule has 0 aliphatic rings. The smallest absolute Gasteiger partial charge is 0.167 e. The second-order valence-corrected chi connectivity index (χ2v) is 4.76. The number of ether oxygens (including phenoxy) is 1. The Morgan fingerprint density at radius 3 is 2.67 bits per heavy atom. The van der Waals surface area contributed by atoms with Gasteiger partial charge < -0.3 is 10.5 Å². The number of carbonyl (C=O) groups excluding carboxylic acids is 1. The summed E-state index contributed by atoms with van der Waals surface area (Å²) in [6.45, 7) is 0.488. The molecule has 0 spiro atoms. The first kappa shape index (κ1) is 15.2. The number of Topliss-reactive ketones (excluding diaryl/α,β-unsaturated/α-hetero) is 1. The molecule has 110 valence electrons. The summed E-state index contributed by atoms with van der Waals surface area (Å²) in [4.78, 5) is 12.4. The lowest BCUT2D eigenvalue weighted by Gasteiger charge is -2.08. The van der Waals surface area contributed by atoms with Crippen molar-refractivity contribution < 1.29 is 13.9 Å². The summed E-state index contributed by atoms with van der Waals surface area (Å²) in [5.74, 6) is -0.323. The van der Waals surface area contributed by atoms with Crippen molar-refractivity contribution in [3.8, 4) is 5.75 Å². The quantitative estimate of drug-likeness (QED) is 0.831. The standard InChI is InChI=1S/C17H18FNO2/c1-21-17-7-6-12(10-15(17)18)11-16(20)14-5-3-2-4-13(14)8-9-19/h2-7,10H,8-9,11,19H2,1H3. The molecule has 2 aromatic carbocycles. The van der Waals surface area contributed by atoms with Crippen LogP contribution in [0.3, 0.4) is 0 Å². The van der Waals surface area contributed by atoms with Crippen LogP contribution in [-0.2, 0) is 12.8 Å². The average molecular weight is 287 g/mol. The minimum Gasteiger partial charge on any atom is -0.494 e. The first-order chi connectivity index (χ1) is 10.2. The zero-order chi connectivity index (χ0) is 15.2. The molecule has 2 rings (SSSR count). The minimum atomic E-state index is -0.460. The molecule has 0 atom stereocenters. The van der Waals surface area contributed by atoms with Gasteiger partial charge in [0.25, 0.3) is 0 Å². The predicted octanol–water partition coefficient (Wildman–Crippen LogP) is 2.76. The van der Waals surface area contributed by atoms with Crippen LogP contribution in [0.5, 0.6) is 5.75 Å². The average Bonchev–Trinajstić information content (AvgIpc) is 2.48. The summed E-state index contributed by atoms with van der Waals surface area (Å²) in [5, 5.41) is 0. The number of benzene rings is 2. The lowest BCUT2D eigenvalue weighted by atomic mass is 9.97. The summed E-state index contributed by atoms with van der Waals surface area (Å²) in [6.07, 6.45) is 0.807. The van der Waals surface area contributed by atoms with Gasteiger partial charge in [0.1, 0.15) is 0 Å². The molecular weight excluding hydrogens is 269 g/mol. The number of ketones is 1. The SMILES string of the molecule is COc1ccc(CC(=O)c2ccccc2CCN)cc1F. The Balaban J connectivity index is 2.20. The molecule has 2 aromatic rings. The number of hydrogen-bond donors (Lipinski definition) is 1. The Morgan fingerprint density at radius 1 is 1.24 bits per heavy atom. The van der Waals surface area contributed by atoms with Gasteiger partial charge in [-0.15, -0.1) is 0 Å². The molecule has 0 amide bonds. The van der Waals surface area contributed by atoms with Crippen LogP contribution in [0.2, 0.25) is 0 Å². The Kier molecular flexibility index (Phi) is 5.06. The number of nitrogens with two attached hydrogens (primary N) is 1. The number of carbonyl (C=O) groups is 1. The van der Waals surface area contributed by atoms with Crippen molar-refractivity contribution in [2.45, 2.75) is 12.8 Å². The maximum Gasteiger partial charge on any atom is 0.167 e. The van der Waals surface area contributed by atoms with E-state index < -0.39 is 5.82 Å². The van der Waals surface area contributed by atoms with Crippen molar-refractivity contribution in [2.24, 2.45) is 5.73 Å². The van der Waals surface area contributed by atoms with Gasteiger partial charge >= 0.3 is 0 Å². The highest BCUT2D eigenvalue weighted by molar-refractivity contribution is 5.98. The molecule has 0 radical (unpaired) electrons. The van der Waals surface area contributed by atoms with Gasteiger partial charge in [0.05, 0.1) is 7.11 Å². The molecule has 0 heterocycles. The second kappa shape index (κ2) is 6.99. The largest absolute Gasteiger partial charge is 0.494 e. The molecule has 21 heavy (non-hydrogen) atoms. The molecule has 0 saturated heterocycles. The summed E-state index contributed by atoms with van der Waals surface area (Å²) in [6, 6.07) is 12.0. The Labute approximate surface area is 123 Å². The second-order valence-electron chi connectivity index (χ2n) is 4.76. The fourth-order valence-electron chi connectivity index (χ4n) is 2.27. The molecule has 0 unspecified atom stereocenters. The molecule has 0 bridgehead atoms. The van der Waals surface area contributed by atoms with Crippen LogP contribution in [-0.4, -0.2) is 19.4 Å². The van der Waals surface area contributed by atoms with Gasteiger partial charge in [-0.25, -0.2) is 4.39 Å². The van der Waals surface area contributed by atoms with Gasteiger partial charge in [0.15, 0.2) is 17.3 Å². The van der Waals surface area contributed by atoms with E-state index in [2.05, 4.69) is 0 Å². The van der Waals surface area contributed by atoms with Crippen LogP contribution in [0.15, 0.2) is 42.5 Å². The van der Waals surface area contributed by atoms with E-state index in [1.165, 1.54) is 19.2 Å². The first-order valence-corrected chi connectivity index (χ1v) is 6.79. The van der Waals surface area contributed by atoms with Crippen molar-refractivity contribution in [1.82, 2.24) is 0 Å². The summed E-state index contributed by atoms with van der Waals surface area (Å²) in [7, 11) is 1.41. The van der Waals surface area contributed by atoms with E-state index in [9.17, 15) is 9.18 Å². The van der Waals surface area contributed by atoms with Crippen molar-refractivity contribution in [2.75, 3.05) is 13.7 Å². The topological polar surface area (TPSA) is 52.3 Å². The van der Waals surface area contributed by atoms with Gasteiger partial charge in [-0.05, 0) is 36.2 Å². The van der Waals surface area contributed by atoms with E-state index in [0.717, 1.165) is 5.56 Å². The normalized spacial score (nSPS) is 10.4. The van der Waals surface area contributed by atoms with E-state index in [-0.39, 0.29) is 18.0 Å². The number of rotatable bonds is 6. The zero-order valence-electron chi connectivity index (χ0n) is 11.9. The van der Waals surface area contributed by atoms with E-state index >= 15 is 0 Å². The molecule has 0 aromatic heterocycles. The van der Waals surface area contributed by atoms with E-state index in [0.29, 0.717) is 24.1 Å². The molecular formula is C17H18FNO2. The van der Waals surface area contributed by atoms with E-state index in [4.69, 9.17) is 10.5 Å². The fraction of sp³-hybridized carbons (Fsp3) is 0.235. The predicted molar refractivity (Wildman–Crippen MR) is 80.2 cm³/mol. The van der Waals surface area contributed by atoms with Gasteiger partial charge in [-0.3, -0.25) is 4.79 Å². The fourth-order valence-corrected chi connectivity index (χ4v) is 2.27. The molecule has 2 N–H and O–H groups in total. The lowest BCUT2D eigenvalue weighted by molar-refractivity contribution is 0.0992. The Hall–Kier alpha value is -2.20. The van der Waals surface area contributed by atoms with Crippen molar-refractivity contribution in [3.63, 3.8) is 0 Å². The molecule has 4 heteroatoms. The summed E-state index contributed by atoms with van der Waals surface area (Å²) in [5.41, 5.74) is 7.77. The monoisotopic (exact) mass is 287 g/mol. The van der Waals surface area contributed by atoms with Crippen molar-refractivity contribution in [1.29, 1.82) is 0 Å². The van der Waals surface area contributed by atoms with E-state index in [1.807, 2.05) is 18.2 Å². The van der Waals surface area contributed by atoms with Crippen LogP contribution in [0, 0.1) is 5.82 Å². The van der Waals surface area contributed by atoms with Crippen LogP contribution >= 0.6 is 0 Å². The third-order valence-corrected chi connectivity index (χ3v) is 3.31. The van der Waals surface area contributed by atoms with Gasteiger partial charge in [0.2, 0.25) is 0 Å². The van der Waals surface area contributed by atoms with Crippen LogP contribution in [0.4, 0.5) is 4.39 Å². The molecule has 0 fully saturated rings. The third-order valence-electron chi connectivity index (χ3n) is 3.31. The summed E-state index contributed by atoms with van der Waals surface area (Å²) >= 11 is 0. The van der Waals surface area contributed by atoms with Gasteiger partial charge in [-0.2, -0.15) is 0 Å². The first-order valence-electron chi connectivity index (χ1n) is 6.79. The van der Waals surface area contributed by atoms with Gasteiger partial charge in [-0.1, -0.05) is 30.3 Å². The van der Waals surface area contributed by atoms with Crippen LogP contribution < -0.4 is 10.5 Å². The highest BCUT2D eigenvalue weighted by atomic mass is 19.1. The molecule has 0 aliphatic heterocycles. The molecule has 0 saturated carbocycles. The highest BCUT2D eigenvalue weighted by Gasteiger charge is 2.12. The lowest BCUT2D eigenvalue weighted by Crippen LogP contribution is -2.11. The summed E-state index contributed by atoms with van der Waals surface area (Å²) < 4.78 is 18.5.